The molecule has 7 nitrogen and oxygen atoms in total. The summed E-state index contributed by atoms with van der Waals surface area (Å²) in [6, 6.07) is 8.12. The zero-order valence-electron chi connectivity index (χ0n) is 14.4. The molecule has 0 spiro atoms. The van der Waals surface area contributed by atoms with Crippen LogP contribution < -0.4 is 14.5 Å². The number of benzene rings is 1. The van der Waals surface area contributed by atoms with Gasteiger partial charge in [-0.2, -0.15) is 0 Å². The number of likely N-dealkylation sites (tertiary alicyclic amines) is 1. The Balaban J connectivity index is 1.51. The largest absolute Gasteiger partial charge is 0.539 e. The minimum atomic E-state index is -0.539. The fourth-order valence-corrected chi connectivity index (χ4v) is 3.30. The van der Waals surface area contributed by atoms with Crippen LogP contribution in [0.1, 0.15) is 24.8 Å². The van der Waals surface area contributed by atoms with Crippen molar-refractivity contribution in [3.05, 3.63) is 36.0 Å². The smallest absolute Gasteiger partial charge is 0.291 e. The molecule has 3 rings (SSSR count). The number of aromatic nitrogens is 2. The lowest BCUT2D eigenvalue weighted by molar-refractivity contribution is -0.751. The molecule has 1 unspecified atom stereocenters. The highest BCUT2D eigenvalue weighted by Crippen LogP contribution is 2.23. The van der Waals surface area contributed by atoms with Crippen LogP contribution in [-0.4, -0.2) is 36.3 Å². The molecule has 2 aromatic rings. The Labute approximate surface area is 146 Å². The SMILES string of the molecule is COc1cccc(CCC2CCCN(C(=O)C[n+]3cc([O-])on3)C2)c1. The molecule has 1 atom stereocenters. The van der Waals surface area contributed by atoms with Crippen LogP contribution in [0.3, 0.4) is 0 Å². The van der Waals surface area contributed by atoms with Crippen LogP contribution >= 0.6 is 0 Å². The predicted molar refractivity (Wildman–Crippen MR) is 86.8 cm³/mol. The van der Waals surface area contributed by atoms with Crippen LogP contribution in [0.4, 0.5) is 0 Å². The van der Waals surface area contributed by atoms with Crippen molar-refractivity contribution in [2.24, 2.45) is 5.92 Å². The van der Waals surface area contributed by atoms with E-state index in [1.807, 2.05) is 17.0 Å². The van der Waals surface area contributed by atoms with E-state index in [0.717, 1.165) is 44.5 Å². The maximum Gasteiger partial charge on any atom is 0.291 e. The van der Waals surface area contributed by atoms with Gasteiger partial charge < -0.3 is 19.3 Å². The van der Waals surface area contributed by atoms with Gasteiger partial charge in [0.25, 0.3) is 12.5 Å². The van der Waals surface area contributed by atoms with E-state index in [0.29, 0.717) is 5.92 Å². The Hall–Kier alpha value is -2.57. The van der Waals surface area contributed by atoms with Gasteiger partial charge in [-0.3, -0.25) is 4.79 Å². The van der Waals surface area contributed by atoms with Crippen molar-refractivity contribution in [2.45, 2.75) is 32.2 Å². The molecular formula is C18H23N3O4. The summed E-state index contributed by atoms with van der Waals surface area (Å²) in [4.78, 5) is 14.3. The molecule has 0 bridgehead atoms. The first-order valence-corrected chi connectivity index (χ1v) is 8.58. The maximum absolute atomic E-state index is 12.4. The van der Waals surface area contributed by atoms with Crippen LogP contribution in [0.25, 0.3) is 0 Å². The summed E-state index contributed by atoms with van der Waals surface area (Å²) in [6.07, 6.45) is 5.35. The van der Waals surface area contributed by atoms with Gasteiger partial charge in [-0.05, 0) is 49.3 Å². The summed E-state index contributed by atoms with van der Waals surface area (Å²) in [5.74, 6) is 0.800. The molecule has 0 radical (unpaired) electrons. The second kappa shape index (κ2) is 8.00. The van der Waals surface area contributed by atoms with Crippen molar-refractivity contribution in [3.8, 4) is 11.7 Å². The van der Waals surface area contributed by atoms with Crippen molar-refractivity contribution >= 4 is 5.91 Å². The lowest BCUT2D eigenvalue weighted by atomic mass is 9.91. The van der Waals surface area contributed by atoms with Crippen molar-refractivity contribution in [1.82, 2.24) is 10.2 Å². The van der Waals surface area contributed by atoms with E-state index in [9.17, 15) is 9.90 Å². The third-order valence-corrected chi connectivity index (χ3v) is 4.63. The Morgan fingerprint density at radius 1 is 1.52 bits per heavy atom. The number of aryl methyl sites for hydroxylation is 1. The van der Waals surface area contributed by atoms with Gasteiger partial charge in [-0.1, -0.05) is 16.8 Å². The number of hydrogen-bond donors (Lipinski definition) is 0. The van der Waals surface area contributed by atoms with Crippen LogP contribution in [0.15, 0.2) is 35.0 Å². The van der Waals surface area contributed by atoms with Crippen molar-refractivity contribution in [1.29, 1.82) is 0 Å². The van der Waals surface area contributed by atoms with E-state index in [2.05, 4.69) is 21.9 Å². The van der Waals surface area contributed by atoms with Gasteiger partial charge in [0.05, 0.1) is 12.4 Å². The van der Waals surface area contributed by atoms with E-state index in [-0.39, 0.29) is 12.5 Å². The summed E-state index contributed by atoms with van der Waals surface area (Å²) < 4.78 is 11.0. The summed E-state index contributed by atoms with van der Waals surface area (Å²) >= 11 is 0. The fourth-order valence-electron chi connectivity index (χ4n) is 3.30. The van der Waals surface area contributed by atoms with Crippen molar-refractivity contribution in [3.63, 3.8) is 0 Å². The average molecular weight is 345 g/mol. The van der Waals surface area contributed by atoms with Gasteiger partial charge in [0.2, 0.25) is 6.20 Å². The molecule has 0 N–H and O–H groups in total. The normalized spacial score (nSPS) is 17.5. The molecule has 1 aliphatic rings. The Bertz CT molecular complexity index is 716. The van der Waals surface area contributed by atoms with E-state index >= 15 is 0 Å². The highest BCUT2D eigenvalue weighted by molar-refractivity contribution is 5.74. The third kappa shape index (κ3) is 4.71. The number of carbonyl (C=O) groups is 1. The first-order chi connectivity index (χ1) is 12.1. The molecule has 0 saturated carbocycles. The summed E-state index contributed by atoms with van der Waals surface area (Å²) in [5, 5.41) is 14.5. The second-order valence-electron chi connectivity index (χ2n) is 6.46. The van der Waals surface area contributed by atoms with Gasteiger partial charge in [-0.15, -0.1) is 0 Å². The Morgan fingerprint density at radius 3 is 3.16 bits per heavy atom. The van der Waals surface area contributed by atoms with Gasteiger partial charge >= 0.3 is 0 Å². The molecule has 134 valence electrons. The van der Waals surface area contributed by atoms with Crippen LogP contribution in [0, 0.1) is 5.92 Å². The Kier molecular flexibility index (Phi) is 5.53. The minimum Gasteiger partial charge on any atom is -0.539 e. The zero-order valence-corrected chi connectivity index (χ0v) is 14.4. The fraction of sp³-hybridized carbons (Fsp3) is 0.500. The number of amides is 1. The highest BCUT2D eigenvalue weighted by Gasteiger charge is 2.26. The van der Waals surface area contributed by atoms with Gasteiger partial charge in [0.15, 0.2) is 0 Å². The molecule has 1 aromatic carbocycles. The molecule has 1 fully saturated rings. The molecule has 0 aliphatic carbocycles. The lowest BCUT2D eigenvalue weighted by Gasteiger charge is -2.32. The predicted octanol–water partition coefficient (Wildman–Crippen LogP) is 0.916. The standard InChI is InChI=1S/C18H23N3O4/c1-24-16-6-2-4-14(10-16)7-8-15-5-3-9-20(11-15)17(22)12-21-13-18(23)25-19-21/h2,4,6,10,13,15H,3,5,7-9,11-12H2,1H3. The molecule has 1 aromatic heterocycles. The summed E-state index contributed by atoms with van der Waals surface area (Å²) in [6.45, 7) is 1.57. The van der Waals surface area contributed by atoms with Crippen LogP contribution in [0.2, 0.25) is 0 Å². The van der Waals surface area contributed by atoms with Crippen molar-refractivity contribution in [2.75, 3.05) is 20.2 Å². The number of rotatable bonds is 6. The zero-order chi connectivity index (χ0) is 17.6. The number of nitrogens with zero attached hydrogens (tertiary/aromatic N) is 3. The summed E-state index contributed by atoms with van der Waals surface area (Å²) in [5.41, 5.74) is 1.25. The number of carbonyl (C=O) groups excluding carboxylic acids is 1. The van der Waals surface area contributed by atoms with E-state index < -0.39 is 5.95 Å². The van der Waals surface area contributed by atoms with Gasteiger partial charge in [0.1, 0.15) is 11.7 Å². The molecule has 7 heteroatoms. The molecular weight excluding hydrogens is 322 g/mol. The first-order valence-electron chi connectivity index (χ1n) is 8.58. The van der Waals surface area contributed by atoms with E-state index in [1.165, 1.54) is 16.4 Å². The van der Waals surface area contributed by atoms with E-state index in [1.54, 1.807) is 7.11 Å². The monoisotopic (exact) mass is 345 g/mol. The minimum absolute atomic E-state index is 0.0237. The third-order valence-electron chi connectivity index (χ3n) is 4.63. The number of piperidine rings is 1. The quantitative estimate of drug-likeness (QED) is 0.727. The highest BCUT2D eigenvalue weighted by atomic mass is 16.6. The molecule has 25 heavy (non-hydrogen) atoms. The van der Waals surface area contributed by atoms with E-state index in [4.69, 9.17) is 4.74 Å². The average Bonchev–Trinajstić information content (AvgIpc) is 3.05. The van der Waals surface area contributed by atoms with Crippen LogP contribution in [-0.2, 0) is 17.8 Å². The maximum atomic E-state index is 12.4. The Morgan fingerprint density at radius 2 is 2.40 bits per heavy atom. The van der Waals surface area contributed by atoms with Crippen molar-refractivity contribution < 1.29 is 23.8 Å². The number of hydrogen-bond acceptors (Lipinski definition) is 5. The molecule has 1 amide bonds. The van der Waals surface area contributed by atoms with Gasteiger partial charge in [0, 0.05) is 13.1 Å². The van der Waals surface area contributed by atoms with Gasteiger partial charge in [-0.25, -0.2) is 0 Å². The lowest BCUT2D eigenvalue weighted by Crippen LogP contribution is -2.48. The topological polar surface area (TPSA) is 82.5 Å². The molecule has 1 saturated heterocycles. The number of ether oxygens (including phenoxy) is 1. The molecule has 1 aliphatic heterocycles. The van der Waals surface area contributed by atoms with Crippen LogP contribution in [0.5, 0.6) is 11.7 Å². The molecule has 2 heterocycles. The summed E-state index contributed by atoms with van der Waals surface area (Å²) in [7, 11) is 1.67. The first kappa shape index (κ1) is 17.3. The number of methoxy groups -OCH3 is 1. The second-order valence-corrected chi connectivity index (χ2v) is 6.46.